The van der Waals surface area contributed by atoms with Gasteiger partial charge in [-0.2, -0.15) is 0 Å². The molecule has 0 heterocycles. The summed E-state index contributed by atoms with van der Waals surface area (Å²) in [5, 5.41) is 21.2. The fourth-order valence-electron chi connectivity index (χ4n) is 2.16. The lowest BCUT2D eigenvalue weighted by atomic mass is 10.1. The molecular weight excluding hydrogens is 322 g/mol. The van der Waals surface area contributed by atoms with Crippen LogP contribution in [-0.4, -0.2) is 22.2 Å². The topological polar surface area (TPSA) is 46.3 Å². The molecule has 0 fully saturated rings. The lowest BCUT2D eigenvalue weighted by Gasteiger charge is -2.03. The molecule has 3 nitrogen and oxygen atoms in total. The maximum atomic E-state index is 11.8. The Morgan fingerprint density at radius 2 is 1.69 bits per heavy atom. The molecule has 1 atom stereocenters. The molecule has 2 aromatic rings. The van der Waals surface area contributed by atoms with Crippen molar-refractivity contribution >= 4 is 6.21 Å². The number of hydrogen-bond donors (Lipinski definition) is 1. The standard InChI is InChI=1S/C23H19NO2/c1-2-23(25)17-16-22-15-9-8-14-21(22)13-7-4-10-18-24(26)19-20-11-5-3-6-12-20/h1,3,5-6,8-9,11-12,14-15,18,23,25H,4,10,19H2/b24-18-. The van der Waals surface area contributed by atoms with Crippen molar-refractivity contribution in [3.05, 3.63) is 76.5 Å². The van der Waals surface area contributed by atoms with Crippen molar-refractivity contribution < 1.29 is 9.85 Å². The van der Waals surface area contributed by atoms with Gasteiger partial charge in [0.15, 0.2) is 18.9 Å². The van der Waals surface area contributed by atoms with Crippen LogP contribution >= 0.6 is 0 Å². The number of hydroxylamine groups is 1. The van der Waals surface area contributed by atoms with E-state index in [0.29, 0.717) is 24.9 Å². The van der Waals surface area contributed by atoms with Gasteiger partial charge in [-0.15, -0.1) is 6.42 Å². The Hall–Kier alpha value is -3.45. The Balaban J connectivity index is 1.93. The molecule has 128 valence electrons. The highest BCUT2D eigenvalue weighted by atomic mass is 16.5. The highest BCUT2D eigenvalue weighted by Gasteiger charge is 1.97. The van der Waals surface area contributed by atoms with Gasteiger partial charge >= 0.3 is 0 Å². The lowest BCUT2D eigenvalue weighted by molar-refractivity contribution is -0.471. The summed E-state index contributed by atoms with van der Waals surface area (Å²) < 4.78 is 0.928. The Kier molecular flexibility index (Phi) is 7.57. The van der Waals surface area contributed by atoms with Crippen LogP contribution in [0.4, 0.5) is 0 Å². The zero-order valence-corrected chi connectivity index (χ0v) is 14.4. The van der Waals surface area contributed by atoms with E-state index in [9.17, 15) is 10.3 Å². The van der Waals surface area contributed by atoms with Crippen molar-refractivity contribution in [3.63, 3.8) is 0 Å². The molecule has 0 aliphatic carbocycles. The van der Waals surface area contributed by atoms with Gasteiger partial charge in [0, 0.05) is 29.5 Å². The summed E-state index contributed by atoms with van der Waals surface area (Å²) in [6.07, 6.45) is 6.77. The van der Waals surface area contributed by atoms with Gasteiger partial charge < -0.3 is 10.3 Å². The number of rotatable bonds is 4. The molecule has 0 aromatic heterocycles. The maximum Gasteiger partial charge on any atom is 0.178 e. The van der Waals surface area contributed by atoms with Crippen molar-refractivity contribution in [2.45, 2.75) is 25.5 Å². The van der Waals surface area contributed by atoms with Crippen LogP contribution in [0.3, 0.4) is 0 Å². The third-order valence-electron chi connectivity index (χ3n) is 3.43. The van der Waals surface area contributed by atoms with Crippen LogP contribution in [0, 0.1) is 41.2 Å². The molecule has 0 bridgehead atoms. The van der Waals surface area contributed by atoms with Crippen molar-refractivity contribution in [2.75, 3.05) is 0 Å². The number of nitrogens with zero attached hydrogens (tertiary/aromatic N) is 1. The summed E-state index contributed by atoms with van der Waals surface area (Å²) in [6, 6.07) is 17.0. The summed E-state index contributed by atoms with van der Waals surface area (Å²) in [6.45, 7) is 0.337. The summed E-state index contributed by atoms with van der Waals surface area (Å²) in [5.41, 5.74) is 2.46. The number of terminal acetylenes is 1. The minimum atomic E-state index is -1.08. The summed E-state index contributed by atoms with van der Waals surface area (Å²) >= 11 is 0. The predicted molar refractivity (Wildman–Crippen MR) is 104 cm³/mol. The Labute approximate surface area is 154 Å². The molecule has 0 amide bonds. The number of hydrogen-bond acceptors (Lipinski definition) is 2. The number of aliphatic hydroxyl groups excluding tert-OH is 1. The molecule has 0 aliphatic heterocycles. The van der Waals surface area contributed by atoms with Gasteiger partial charge in [-0.05, 0) is 12.1 Å². The van der Waals surface area contributed by atoms with Gasteiger partial charge in [-0.3, -0.25) is 0 Å². The van der Waals surface area contributed by atoms with E-state index in [1.165, 1.54) is 0 Å². The van der Waals surface area contributed by atoms with Gasteiger partial charge in [0.05, 0.1) is 0 Å². The maximum absolute atomic E-state index is 11.8. The quantitative estimate of drug-likeness (QED) is 0.232. The van der Waals surface area contributed by atoms with E-state index < -0.39 is 6.10 Å². The monoisotopic (exact) mass is 341 g/mol. The molecule has 26 heavy (non-hydrogen) atoms. The van der Waals surface area contributed by atoms with Crippen LogP contribution < -0.4 is 0 Å². The van der Waals surface area contributed by atoms with Gasteiger partial charge in [0.2, 0.25) is 0 Å². The van der Waals surface area contributed by atoms with Crippen LogP contribution in [0.5, 0.6) is 0 Å². The van der Waals surface area contributed by atoms with E-state index in [0.717, 1.165) is 15.9 Å². The van der Waals surface area contributed by atoms with Gasteiger partial charge in [-0.25, -0.2) is 4.74 Å². The lowest BCUT2D eigenvalue weighted by Crippen LogP contribution is -2.04. The Morgan fingerprint density at radius 3 is 2.38 bits per heavy atom. The van der Waals surface area contributed by atoms with E-state index in [1.807, 2.05) is 54.6 Å². The van der Waals surface area contributed by atoms with E-state index in [2.05, 4.69) is 29.6 Å². The third kappa shape index (κ3) is 6.58. The zero-order chi connectivity index (χ0) is 18.6. The van der Waals surface area contributed by atoms with Crippen molar-refractivity contribution in [2.24, 2.45) is 0 Å². The molecule has 0 aliphatic rings. The van der Waals surface area contributed by atoms with E-state index in [1.54, 1.807) is 6.21 Å². The second-order valence-electron chi connectivity index (χ2n) is 5.47. The van der Waals surface area contributed by atoms with Crippen LogP contribution in [0.15, 0.2) is 54.6 Å². The highest BCUT2D eigenvalue weighted by Crippen LogP contribution is 2.06. The molecule has 0 saturated heterocycles. The Morgan fingerprint density at radius 1 is 1.04 bits per heavy atom. The van der Waals surface area contributed by atoms with E-state index in [-0.39, 0.29) is 0 Å². The first-order valence-corrected chi connectivity index (χ1v) is 8.23. The summed E-state index contributed by atoms with van der Waals surface area (Å²) in [5.74, 6) is 13.7. The van der Waals surface area contributed by atoms with Crippen LogP contribution in [-0.2, 0) is 6.54 Å². The van der Waals surface area contributed by atoms with Crippen LogP contribution in [0.2, 0.25) is 0 Å². The van der Waals surface area contributed by atoms with Gasteiger partial charge in [-0.1, -0.05) is 72.1 Å². The van der Waals surface area contributed by atoms with Gasteiger partial charge in [0.1, 0.15) is 0 Å². The summed E-state index contributed by atoms with van der Waals surface area (Å²) in [4.78, 5) is 0. The zero-order valence-electron chi connectivity index (χ0n) is 14.4. The first-order valence-electron chi connectivity index (χ1n) is 8.23. The molecule has 2 aromatic carbocycles. The normalized spacial score (nSPS) is 11.3. The largest absolute Gasteiger partial charge is 0.624 e. The fourth-order valence-corrected chi connectivity index (χ4v) is 2.16. The minimum Gasteiger partial charge on any atom is -0.624 e. The molecule has 0 radical (unpaired) electrons. The van der Waals surface area contributed by atoms with Gasteiger partial charge in [0.25, 0.3) is 0 Å². The van der Waals surface area contributed by atoms with E-state index in [4.69, 9.17) is 6.42 Å². The highest BCUT2D eigenvalue weighted by molar-refractivity contribution is 5.53. The molecule has 2 rings (SSSR count). The first-order chi connectivity index (χ1) is 12.7. The molecule has 1 N–H and O–H groups in total. The number of unbranched alkanes of at least 4 members (excludes halogenated alkanes) is 1. The SMILES string of the molecule is C#CC(O)C#Cc1ccccc1C#CCC/C=[N+](\[O-])Cc1ccccc1. The molecule has 0 saturated carbocycles. The van der Waals surface area contributed by atoms with Crippen molar-refractivity contribution in [3.8, 4) is 36.0 Å². The average molecular weight is 341 g/mol. The average Bonchev–Trinajstić information content (AvgIpc) is 2.67. The van der Waals surface area contributed by atoms with E-state index >= 15 is 0 Å². The molecular formula is C23H19NO2. The molecule has 1 unspecified atom stereocenters. The molecule has 3 heteroatoms. The Bertz CT molecular complexity index is 916. The van der Waals surface area contributed by atoms with Crippen molar-refractivity contribution in [1.82, 2.24) is 0 Å². The molecule has 0 spiro atoms. The summed E-state index contributed by atoms with van der Waals surface area (Å²) in [7, 11) is 0. The number of aliphatic hydroxyl groups is 1. The smallest absolute Gasteiger partial charge is 0.178 e. The van der Waals surface area contributed by atoms with Crippen LogP contribution in [0.1, 0.15) is 29.5 Å². The van der Waals surface area contributed by atoms with Crippen LogP contribution in [0.25, 0.3) is 0 Å². The second-order valence-corrected chi connectivity index (χ2v) is 5.47. The third-order valence-corrected chi connectivity index (χ3v) is 3.43. The minimum absolute atomic E-state index is 0.337. The first kappa shape index (κ1) is 18.9. The number of benzene rings is 2. The predicted octanol–water partition coefficient (Wildman–Crippen LogP) is 2.95. The van der Waals surface area contributed by atoms with Crippen molar-refractivity contribution in [1.29, 1.82) is 0 Å². The second kappa shape index (κ2) is 10.4. The fraction of sp³-hybridized carbons (Fsp3) is 0.174.